The van der Waals surface area contributed by atoms with Crippen molar-refractivity contribution < 1.29 is 19.1 Å². The number of ether oxygens (including phenoxy) is 2. The summed E-state index contributed by atoms with van der Waals surface area (Å²) < 4.78 is 10.2. The number of rotatable bonds is 5. The molecule has 0 spiro atoms. The minimum absolute atomic E-state index is 0.349. The Morgan fingerprint density at radius 3 is 2.54 bits per heavy atom. The number of carbonyl (C=O) groups is 2. The van der Waals surface area contributed by atoms with Gasteiger partial charge in [0.1, 0.15) is 11.7 Å². The van der Waals surface area contributed by atoms with Crippen molar-refractivity contribution >= 4 is 23.6 Å². The molecule has 1 heterocycles. The van der Waals surface area contributed by atoms with Crippen LogP contribution in [0.3, 0.4) is 0 Å². The van der Waals surface area contributed by atoms with Crippen LogP contribution in [0, 0.1) is 17.2 Å². The fraction of sp³-hybridized carbons (Fsp3) is 0.353. The predicted octanol–water partition coefficient (Wildman–Crippen LogP) is 2.19. The summed E-state index contributed by atoms with van der Waals surface area (Å²) >= 11 is 1.26. The number of benzene rings is 1. The maximum absolute atomic E-state index is 12.4. The van der Waals surface area contributed by atoms with Crippen molar-refractivity contribution in [1.29, 1.82) is 5.26 Å². The van der Waals surface area contributed by atoms with Crippen LogP contribution in [0.4, 0.5) is 0 Å². The predicted molar refractivity (Wildman–Crippen MR) is 90.2 cm³/mol. The molecule has 2 rings (SSSR count). The molecule has 0 fully saturated rings. The molecule has 1 unspecified atom stereocenters. The van der Waals surface area contributed by atoms with Gasteiger partial charge in [-0.15, -0.1) is 11.8 Å². The smallest absolute Gasteiger partial charge is 0.319 e. The number of nitrogens with one attached hydrogen (secondary N) is 1. The maximum Gasteiger partial charge on any atom is 0.319 e. The van der Waals surface area contributed by atoms with E-state index >= 15 is 0 Å². The van der Waals surface area contributed by atoms with E-state index < -0.39 is 23.7 Å². The topological polar surface area (TPSA) is 88.4 Å². The molecule has 0 bridgehead atoms. The number of esters is 1. The van der Waals surface area contributed by atoms with E-state index in [1.807, 2.05) is 6.92 Å². The molecule has 6 nitrogen and oxygen atoms in total. The van der Waals surface area contributed by atoms with Crippen molar-refractivity contribution in [2.75, 3.05) is 20.0 Å². The number of amides is 1. The zero-order valence-corrected chi connectivity index (χ0v) is 14.5. The van der Waals surface area contributed by atoms with Gasteiger partial charge in [0.2, 0.25) is 5.91 Å². The SMILES string of the molecule is CCOc1ccc(C2C(C#N)=C(SC)NC(=O)[C@@H]2C(=O)OC)cc1. The van der Waals surface area contributed by atoms with Gasteiger partial charge in [-0.05, 0) is 30.9 Å². The third-order valence-corrected chi connectivity index (χ3v) is 4.47. The van der Waals surface area contributed by atoms with Crippen molar-refractivity contribution in [1.82, 2.24) is 5.32 Å². The van der Waals surface area contributed by atoms with E-state index in [0.29, 0.717) is 28.5 Å². The molecule has 1 amide bonds. The average molecular weight is 346 g/mol. The number of allylic oxidation sites excluding steroid dienone is 1. The quantitative estimate of drug-likeness (QED) is 0.649. The van der Waals surface area contributed by atoms with Gasteiger partial charge < -0.3 is 14.8 Å². The van der Waals surface area contributed by atoms with Crippen molar-refractivity contribution in [3.8, 4) is 11.8 Å². The highest BCUT2D eigenvalue weighted by Gasteiger charge is 2.44. The van der Waals surface area contributed by atoms with Crippen molar-refractivity contribution in [3.63, 3.8) is 0 Å². The minimum Gasteiger partial charge on any atom is -0.494 e. The highest BCUT2D eigenvalue weighted by Crippen LogP contribution is 2.39. The second kappa shape index (κ2) is 7.88. The first-order valence-electron chi connectivity index (χ1n) is 7.37. The number of nitriles is 1. The number of methoxy groups -OCH3 is 1. The monoisotopic (exact) mass is 346 g/mol. The Labute approximate surface area is 144 Å². The second-order valence-electron chi connectivity index (χ2n) is 5.03. The molecule has 1 aromatic rings. The number of thioether (sulfide) groups is 1. The van der Waals surface area contributed by atoms with Crippen LogP contribution >= 0.6 is 11.8 Å². The van der Waals surface area contributed by atoms with E-state index in [1.54, 1.807) is 30.5 Å². The molecule has 1 aromatic carbocycles. The molecule has 0 saturated heterocycles. The zero-order valence-electron chi connectivity index (χ0n) is 13.7. The summed E-state index contributed by atoms with van der Waals surface area (Å²) in [6.45, 7) is 2.42. The fourth-order valence-electron chi connectivity index (χ4n) is 2.66. The van der Waals surface area contributed by atoms with Crippen molar-refractivity contribution in [2.24, 2.45) is 5.92 Å². The van der Waals surface area contributed by atoms with Crippen molar-refractivity contribution in [3.05, 3.63) is 40.4 Å². The van der Waals surface area contributed by atoms with Gasteiger partial charge in [-0.1, -0.05) is 12.1 Å². The summed E-state index contributed by atoms with van der Waals surface area (Å²) in [5.41, 5.74) is 1.04. The highest BCUT2D eigenvalue weighted by atomic mass is 32.2. The summed E-state index contributed by atoms with van der Waals surface area (Å²) in [4.78, 5) is 24.5. The second-order valence-corrected chi connectivity index (χ2v) is 5.85. The number of hydrogen-bond acceptors (Lipinski definition) is 6. The zero-order chi connectivity index (χ0) is 17.7. The standard InChI is InChI=1S/C17H18N2O4S/c1-4-23-11-7-5-10(6-8-11)13-12(9-18)16(24-3)19-15(20)14(13)17(21)22-2/h5-8,13-14H,4H2,1-3H3,(H,19,20)/t13?,14-/m1/s1. The summed E-state index contributed by atoms with van der Waals surface area (Å²) in [7, 11) is 1.23. The molecule has 1 aliphatic heterocycles. The first-order valence-corrected chi connectivity index (χ1v) is 8.59. The summed E-state index contributed by atoms with van der Waals surface area (Å²) in [5, 5.41) is 12.7. The van der Waals surface area contributed by atoms with Crippen LogP contribution < -0.4 is 10.1 Å². The Kier molecular flexibility index (Phi) is 5.88. The molecule has 1 N–H and O–H groups in total. The van der Waals surface area contributed by atoms with Crippen molar-refractivity contribution in [2.45, 2.75) is 12.8 Å². The van der Waals surface area contributed by atoms with Crippen LogP contribution in [0.1, 0.15) is 18.4 Å². The Bertz CT molecular complexity index is 706. The molecule has 0 radical (unpaired) electrons. The Hall–Kier alpha value is -2.46. The lowest BCUT2D eigenvalue weighted by molar-refractivity contribution is -0.150. The molecule has 0 aliphatic carbocycles. The third kappa shape index (κ3) is 3.39. The van der Waals surface area contributed by atoms with Gasteiger partial charge >= 0.3 is 5.97 Å². The summed E-state index contributed by atoms with van der Waals surface area (Å²) in [6, 6.07) is 9.17. The first-order chi connectivity index (χ1) is 11.6. The Balaban J connectivity index is 2.54. The lowest BCUT2D eigenvalue weighted by Crippen LogP contribution is -2.44. The number of nitrogens with zero attached hydrogens (tertiary/aromatic N) is 1. The molecule has 7 heteroatoms. The van der Waals surface area contributed by atoms with Crippen LogP contribution in [0.25, 0.3) is 0 Å². The van der Waals surface area contributed by atoms with E-state index in [9.17, 15) is 14.9 Å². The molecular weight excluding hydrogens is 328 g/mol. The molecule has 126 valence electrons. The molecule has 2 atom stereocenters. The molecular formula is C17H18N2O4S. The van der Waals surface area contributed by atoms with E-state index in [1.165, 1.54) is 18.9 Å². The van der Waals surface area contributed by atoms with Crippen LogP contribution in [0.15, 0.2) is 34.9 Å². The fourth-order valence-corrected chi connectivity index (χ4v) is 3.26. The highest BCUT2D eigenvalue weighted by molar-refractivity contribution is 8.02. The van der Waals surface area contributed by atoms with E-state index in [2.05, 4.69) is 11.4 Å². The number of carbonyl (C=O) groups excluding carboxylic acids is 2. The number of hydrogen-bond donors (Lipinski definition) is 1. The lowest BCUT2D eigenvalue weighted by Gasteiger charge is -2.30. The van der Waals surface area contributed by atoms with Gasteiger partial charge in [-0.3, -0.25) is 9.59 Å². The first kappa shape index (κ1) is 17.9. The van der Waals surface area contributed by atoms with Gasteiger partial charge in [0, 0.05) is 5.92 Å². The van der Waals surface area contributed by atoms with E-state index in [0.717, 1.165) is 0 Å². The average Bonchev–Trinajstić information content (AvgIpc) is 2.61. The lowest BCUT2D eigenvalue weighted by atomic mass is 9.78. The van der Waals surface area contributed by atoms with Crippen LogP contribution in [-0.2, 0) is 14.3 Å². The van der Waals surface area contributed by atoms with Gasteiger partial charge in [-0.2, -0.15) is 5.26 Å². The Morgan fingerprint density at radius 2 is 2.04 bits per heavy atom. The molecule has 0 aromatic heterocycles. The van der Waals surface area contributed by atoms with Gasteiger partial charge in [0.05, 0.1) is 30.4 Å². The largest absolute Gasteiger partial charge is 0.494 e. The van der Waals surface area contributed by atoms with Gasteiger partial charge in [0.25, 0.3) is 0 Å². The van der Waals surface area contributed by atoms with E-state index in [4.69, 9.17) is 9.47 Å². The molecule has 0 saturated carbocycles. The van der Waals surface area contributed by atoms with Crippen LogP contribution in [-0.4, -0.2) is 31.8 Å². The minimum atomic E-state index is -1.10. The van der Waals surface area contributed by atoms with Gasteiger partial charge in [0.15, 0.2) is 0 Å². The van der Waals surface area contributed by atoms with Crippen LogP contribution in [0.5, 0.6) is 5.75 Å². The summed E-state index contributed by atoms with van der Waals surface area (Å²) in [6.07, 6.45) is 1.76. The van der Waals surface area contributed by atoms with Gasteiger partial charge in [-0.25, -0.2) is 0 Å². The molecule has 24 heavy (non-hydrogen) atoms. The summed E-state index contributed by atoms with van der Waals surface area (Å²) in [5.74, 6) is -2.24. The normalized spacial score (nSPS) is 20.2. The molecule has 1 aliphatic rings. The third-order valence-electron chi connectivity index (χ3n) is 3.74. The Morgan fingerprint density at radius 1 is 1.38 bits per heavy atom. The maximum atomic E-state index is 12.4. The van der Waals surface area contributed by atoms with E-state index in [-0.39, 0.29) is 0 Å². The van der Waals surface area contributed by atoms with Crippen LogP contribution in [0.2, 0.25) is 0 Å².